The Labute approximate surface area is 186 Å². The van der Waals surface area contributed by atoms with E-state index >= 15 is 0 Å². The number of carbonyl (C=O) groups is 1. The van der Waals surface area contributed by atoms with Crippen molar-refractivity contribution in [3.8, 4) is 5.95 Å². The Morgan fingerprint density at radius 3 is 2.34 bits per heavy atom. The topological polar surface area (TPSA) is 114 Å². The van der Waals surface area contributed by atoms with Gasteiger partial charge in [0.1, 0.15) is 11.9 Å². The molecule has 3 aromatic heterocycles. The molecule has 0 fully saturated rings. The molecule has 9 nitrogen and oxygen atoms in total. The molecule has 0 aliphatic carbocycles. The van der Waals surface area contributed by atoms with Crippen LogP contribution in [0.5, 0.6) is 0 Å². The van der Waals surface area contributed by atoms with E-state index in [0.717, 1.165) is 33.9 Å². The third kappa shape index (κ3) is 4.41. The lowest BCUT2D eigenvalue weighted by Gasteiger charge is -2.16. The minimum atomic E-state index is -0.452. The smallest absolute Gasteiger partial charge is 0.251 e. The standard InChI is InChI=1S/C23H26N8O/c1-13-11-14(2)25-23(24-13)31-16(4)19(15(3)30-31)12-20(32)27-21(18-9-7-6-8-10-18)22-26-17(5)28-29-22/h6-11,21H,12H2,1-5H3,(H,27,32)(H,26,28,29). The van der Waals surface area contributed by atoms with Gasteiger partial charge in [0.15, 0.2) is 5.82 Å². The molecule has 0 saturated heterocycles. The molecule has 1 amide bonds. The number of aromatic nitrogens is 7. The molecule has 164 valence electrons. The molecule has 1 atom stereocenters. The highest BCUT2D eigenvalue weighted by Gasteiger charge is 2.23. The van der Waals surface area contributed by atoms with Crippen LogP contribution in [-0.4, -0.2) is 40.8 Å². The van der Waals surface area contributed by atoms with Crippen LogP contribution in [0.2, 0.25) is 0 Å². The van der Waals surface area contributed by atoms with Crippen molar-refractivity contribution in [1.29, 1.82) is 0 Å². The van der Waals surface area contributed by atoms with E-state index in [0.29, 0.717) is 17.6 Å². The number of nitrogens with zero attached hydrogens (tertiary/aromatic N) is 6. The summed E-state index contributed by atoms with van der Waals surface area (Å²) in [4.78, 5) is 26.5. The Bertz CT molecular complexity index is 1240. The SMILES string of the molecule is Cc1cc(C)nc(-n2nc(C)c(CC(=O)NC(c3ccccc3)c3n[nH]c(C)n3)c2C)n1. The first-order chi connectivity index (χ1) is 15.3. The number of rotatable bonds is 6. The second-order valence-corrected chi connectivity index (χ2v) is 7.88. The van der Waals surface area contributed by atoms with Gasteiger partial charge in [-0.3, -0.25) is 9.89 Å². The molecule has 0 spiro atoms. The highest BCUT2D eigenvalue weighted by molar-refractivity contribution is 5.80. The molecule has 3 heterocycles. The Hall–Kier alpha value is -3.88. The number of aromatic amines is 1. The van der Waals surface area contributed by atoms with E-state index in [-0.39, 0.29) is 12.3 Å². The van der Waals surface area contributed by atoms with Crippen molar-refractivity contribution >= 4 is 5.91 Å². The predicted octanol–water partition coefficient (Wildman–Crippen LogP) is 2.77. The molecular weight excluding hydrogens is 404 g/mol. The molecule has 1 aromatic carbocycles. The van der Waals surface area contributed by atoms with Gasteiger partial charge in [0, 0.05) is 22.6 Å². The summed E-state index contributed by atoms with van der Waals surface area (Å²) in [6.07, 6.45) is 0.176. The monoisotopic (exact) mass is 430 g/mol. The summed E-state index contributed by atoms with van der Waals surface area (Å²) in [5, 5.41) is 14.8. The third-order valence-corrected chi connectivity index (χ3v) is 5.25. The number of hydrogen-bond acceptors (Lipinski definition) is 6. The number of benzene rings is 1. The van der Waals surface area contributed by atoms with Crippen LogP contribution >= 0.6 is 0 Å². The largest absolute Gasteiger partial charge is 0.342 e. The summed E-state index contributed by atoms with van der Waals surface area (Å²) in [5.74, 6) is 1.58. The van der Waals surface area contributed by atoms with Gasteiger partial charge in [-0.1, -0.05) is 30.3 Å². The Morgan fingerprint density at radius 2 is 1.72 bits per heavy atom. The zero-order chi connectivity index (χ0) is 22.8. The fourth-order valence-corrected chi connectivity index (χ4v) is 3.73. The zero-order valence-electron chi connectivity index (χ0n) is 18.8. The Kier molecular flexibility index (Phi) is 5.81. The first-order valence-electron chi connectivity index (χ1n) is 10.4. The van der Waals surface area contributed by atoms with Crippen LogP contribution in [0.25, 0.3) is 5.95 Å². The van der Waals surface area contributed by atoms with Gasteiger partial charge < -0.3 is 5.32 Å². The first kappa shape index (κ1) is 21.4. The number of carbonyl (C=O) groups excluding carboxylic acids is 1. The summed E-state index contributed by atoms with van der Waals surface area (Å²) in [6.45, 7) is 9.50. The van der Waals surface area contributed by atoms with Gasteiger partial charge >= 0.3 is 0 Å². The summed E-state index contributed by atoms with van der Waals surface area (Å²) in [7, 11) is 0. The minimum Gasteiger partial charge on any atom is -0.342 e. The average molecular weight is 431 g/mol. The van der Waals surface area contributed by atoms with Crippen LogP contribution in [0.3, 0.4) is 0 Å². The van der Waals surface area contributed by atoms with E-state index in [9.17, 15) is 4.79 Å². The molecule has 0 saturated carbocycles. The van der Waals surface area contributed by atoms with Crippen LogP contribution in [0, 0.1) is 34.6 Å². The van der Waals surface area contributed by atoms with E-state index in [2.05, 4.69) is 35.6 Å². The number of amides is 1. The van der Waals surface area contributed by atoms with Crippen LogP contribution in [0.4, 0.5) is 0 Å². The molecule has 4 aromatic rings. The molecule has 4 rings (SSSR count). The molecule has 9 heteroatoms. The van der Waals surface area contributed by atoms with Gasteiger partial charge in [0.25, 0.3) is 5.95 Å². The molecule has 0 aliphatic heterocycles. The lowest BCUT2D eigenvalue weighted by atomic mass is 10.0. The van der Waals surface area contributed by atoms with Crippen LogP contribution in [-0.2, 0) is 11.2 Å². The summed E-state index contributed by atoms with van der Waals surface area (Å²) < 4.78 is 1.70. The Morgan fingerprint density at radius 1 is 1.03 bits per heavy atom. The molecule has 2 N–H and O–H groups in total. The van der Waals surface area contributed by atoms with Gasteiger partial charge in [-0.15, -0.1) is 0 Å². The fraction of sp³-hybridized carbons (Fsp3) is 0.304. The summed E-state index contributed by atoms with van der Waals surface area (Å²) in [6, 6.07) is 11.1. The number of H-pyrrole nitrogens is 1. The second-order valence-electron chi connectivity index (χ2n) is 7.88. The van der Waals surface area contributed by atoms with Gasteiger partial charge in [-0.2, -0.15) is 10.2 Å². The highest BCUT2D eigenvalue weighted by atomic mass is 16.1. The molecule has 0 aliphatic rings. The van der Waals surface area contributed by atoms with Crippen molar-refractivity contribution < 1.29 is 4.79 Å². The number of nitrogens with one attached hydrogen (secondary N) is 2. The molecule has 32 heavy (non-hydrogen) atoms. The number of aryl methyl sites for hydroxylation is 4. The lowest BCUT2D eigenvalue weighted by Crippen LogP contribution is -2.31. The predicted molar refractivity (Wildman–Crippen MR) is 119 cm³/mol. The van der Waals surface area contributed by atoms with Gasteiger partial charge in [0.2, 0.25) is 5.91 Å². The second kappa shape index (κ2) is 8.70. The van der Waals surface area contributed by atoms with E-state index in [1.807, 2.05) is 71.0 Å². The lowest BCUT2D eigenvalue weighted by molar-refractivity contribution is -0.121. The maximum absolute atomic E-state index is 13.1. The zero-order valence-corrected chi connectivity index (χ0v) is 18.8. The molecular formula is C23H26N8O. The van der Waals surface area contributed by atoms with Crippen LogP contribution < -0.4 is 5.32 Å². The minimum absolute atomic E-state index is 0.145. The molecule has 0 bridgehead atoms. The van der Waals surface area contributed by atoms with Gasteiger partial charge in [0.05, 0.1) is 12.1 Å². The summed E-state index contributed by atoms with van der Waals surface area (Å²) in [5.41, 5.74) is 5.10. The van der Waals surface area contributed by atoms with Crippen molar-refractivity contribution in [2.24, 2.45) is 0 Å². The van der Waals surface area contributed by atoms with Crippen molar-refractivity contribution in [1.82, 2.24) is 40.2 Å². The van der Waals surface area contributed by atoms with E-state index in [1.165, 1.54) is 0 Å². The average Bonchev–Trinajstić information content (AvgIpc) is 3.30. The van der Waals surface area contributed by atoms with Crippen molar-refractivity contribution in [3.63, 3.8) is 0 Å². The van der Waals surface area contributed by atoms with Crippen LogP contribution in [0.1, 0.15) is 51.6 Å². The number of hydrogen-bond donors (Lipinski definition) is 2. The van der Waals surface area contributed by atoms with Gasteiger partial charge in [-0.25, -0.2) is 19.6 Å². The summed E-state index contributed by atoms with van der Waals surface area (Å²) >= 11 is 0. The van der Waals surface area contributed by atoms with Gasteiger partial charge in [-0.05, 0) is 46.2 Å². The van der Waals surface area contributed by atoms with E-state index in [4.69, 9.17) is 0 Å². The van der Waals surface area contributed by atoms with Crippen molar-refractivity contribution in [3.05, 3.63) is 81.9 Å². The van der Waals surface area contributed by atoms with Crippen molar-refractivity contribution in [2.75, 3.05) is 0 Å². The van der Waals surface area contributed by atoms with E-state index < -0.39 is 6.04 Å². The highest BCUT2D eigenvalue weighted by Crippen LogP contribution is 2.21. The van der Waals surface area contributed by atoms with Crippen molar-refractivity contribution in [2.45, 2.75) is 47.1 Å². The third-order valence-electron chi connectivity index (χ3n) is 5.25. The molecule has 1 unspecified atom stereocenters. The maximum Gasteiger partial charge on any atom is 0.251 e. The Balaban J connectivity index is 1.60. The fourth-order valence-electron chi connectivity index (χ4n) is 3.73. The maximum atomic E-state index is 13.1. The quantitative estimate of drug-likeness (QED) is 0.486. The normalized spacial score (nSPS) is 12.0. The molecule has 0 radical (unpaired) electrons. The first-order valence-corrected chi connectivity index (χ1v) is 10.4. The van der Waals surface area contributed by atoms with E-state index in [1.54, 1.807) is 4.68 Å². The van der Waals surface area contributed by atoms with Crippen LogP contribution in [0.15, 0.2) is 36.4 Å².